The summed E-state index contributed by atoms with van der Waals surface area (Å²) in [6.45, 7) is 11.4. The molecule has 25 heavy (non-hydrogen) atoms. The quantitative estimate of drug-likeness (QED) is 0.564. The molecule has 2 rings (SSSR count). The molecule has 0 bridgehead atoms. The first-order valence-electron chi connectivity index (χ1n) is 8.43. The molecule has 1 aromatic heterocycles. The SMILES string of the molecule is CC(C)CNc1ccc([N+](=O)[O-])c(Nc2ccc(C(C)(C)C)cc2)n1. The van der Waals surface area contributed by atoms with Gasteiger partial charge in [-0.1, -0.05) is 46.8 Å². The minimum absolute atomic E-state index is 0.0463. The zero-order chi connectivity index (χ0) is 18.6. The summed E-state index contributed by atoms with van der Waals surface area (Å²) < 4.78 is 0. The molecule has 0 unspecified atom stereocenters. The maximum Gasteiger partial charge on any atom is 0.311 e. The zero-order valence-electron chi connectivity index (χ0n) is 15.5. The standard InChI is InChI=1S/C19H26N4O2/c1-13(2)12-20-17-11-10-16(23(24)25)18(22-17)21-15-8-6-14(7-9-15)19(3,4)5/h6-11,13H,12H2,1-5H3,(H2,20,21,22). The molecule has 0 atom stereocenters. The second-order valence-corrected chi connectivity index (χ2v) is 7.55. The highest BCUT2D eigenvalue weighted by Crippen LogP contribution is 2.29. The topological polar surface area (TPSA) is 80.1 Å². The monoisotopic (exact) mass is 342 g/mol. The van der Waals surface area contributed by atoms with E-state index in [2.05, 4.69) is 50.2 Å². The van der Waals surface area contributed by atoms with Crippen LogP contribution in [0, 0.1) is 16.0 Å². The van der Waals surface area contributed by atoms with Gasteiger partial charge in [-0.05, 0) is 35.1 Å². The maximum absolute atomic E-state index is 11.3. The molecule has 0 spiro atoms. The Bertz CT molecular complexity index is 734. The molecule has 0 aliphatic rings. The van der Waals surface area contributed by atoms with Crippen molar-refractivity contribution in [3.63, 3.8) is 0 Å². The molecule has 0 radical (unpaired) electrons. The van der Waals surface area contributed by atoms with Crippen LogP contribution in [0.3, 0.4) is 0 Å². The summed E-state index contributed by atoms with van der Waals surface area (Å²) in [5.74, 6) is 1.31. The van der Waals surface area contributed by atoms with Crippen LogP contribution in [0.25, 0.3) is 0 Å². The summed E-state index contributed by atoms with van der Waals surface area (Å²) in [6.07, 6.45) is 0. The second kappa shape index (κ2) is 7.51. The van der Waals surface area contributed by atoms with Crippen LogP contribution >= 0.6 is 0 Å². The molecular weight excluding hydrogens is 316 g/mol. The molecule has 134 valence electrons. The Morgan fingerprint density at radius 1 is 1.12 bits per heavy atom. The summed E-state index contributed by atoms with van der Waals surface area (Å²) in [5, 5.41) is 17.5. The summed E-state index contributed by atoms with van der Waals surface area (Å²) in [4.78, 5) is 15.2. The van der Waals surface area contributed by atoms with Gasteiger partial charge in [0.05, 0.1) is 4.92 Å². The van der Waals surface area contributed by atoms with E-state index >= 15 is 0 Å². The molecule has 0 aliphatic heterocycles. The number of hydrogen-bond donors (Lipinski definition) is 2. The lowest BCUT2D eigenvalue weighted by Crippen LogP contribution is -2.11. The number of nitro groups is 1. The van der Waals surface area contributed by atoms with Crippen molar-refractivity contribution in [1.82, 2.24) is 4.98 Å². The number of aromatic nitrogens is 1. The van der Waals surface area contributed by atoms with Crippen LogP contribution in [0.5, 0.6) is 0 Å². The average molecular weight is 342 g/mol. The third-order valence-electron chi connectivity index (χ3n) is 3.78. The molecule has 2 aromatic rings. The van der Waals surface area contributed by atoms with Gasteiger partial charge >= 0.3 is 5.69 Å². The normalized spacial score (nSPS) is 11.4. The van der Waals surface area contributed by atoms with Crippen molar-refractivity contribution in [1.29, 1.82) is 0 Å². The van der Waals surface area contributed by atoms with Gasteiger partial charge in [0, 0.05) is 18.3 Å². The first-order chi connectivity index (χ1) is 11.7. The largest absolute Gasteiger partial charge is 0.370 e. The fourth-order valence-corrected chi connectivity index (χ4v) is 2.29. The lowest BCUT2D eigenvalue weighted by atomic mass is 9.87. The first kappa shape index (κ1) is 18.7. The van der Waals surface area contributed by atoms with Crippen LogP contribution in [0.2, 0.25) is 0 Å². The van der Waals surface area contributed by atoms with Gasteiger partial charge in [0.15, 0.2) is 0 Å². The molecule has 1 aromatic carbocycles. The third kappa shape index (κ3) is 5.17. The molecular formula is C19H26N4O2. The molecule has 0 saturated carbocycles. The van der Waals surface area contributed by atoms with Crippen LogP contribution in [-0.2, 0) is 5.41 Å². The molecule has 6 heteroatoms. The highest BCUT2D eigenvalue weighted by atomic mass is 16.6. The fourth-order valence-electron chi connectivity index (χ4n) is 2.29. The molecule has 0 aliphatic carbocycles. The molecule has 2 N–H and O–H groups in total. The van der Waals surface area contributed by atoms with Crippen molar-refractivity contribution in [2.45, 2.75) is 40.0 Å². The summed E-state index contributed by atoms with van der Waals surface area (Å²) >= 11 is 0. The Kier molecular flexibility index (Phi) is 5.62. The Hall–Kier alpha value is -2.63. The number of benzene rings is 1. The average Bonchev–Trinajstić information content (AvgIpc) is 2.52. The van der Waals surface area contributed by atoms with E-state index in [1.54, 1.807) is 6.07 Å². The van der Waals surface area contributed by atoms with E-state index in [9.17, 15) is 10.1 Å². The second-order valence-electron chi connectivity index (χ2n) is 7.55. The van der Waals surface area contributed by atoms with Gasteiger partial charge in [-0.15, -0.1) is 0 Å². The number of anilines is 3. The first-order valence-corrected chi connectivity index (χ1v) is 8.43. The minimum Gasteiger partial charge on any atom is -0.370 e. The van der Waals surface area contributed by atoms with Gasteiger partial charge in [-0.2, -0.15) is 0 Å². The van der Waals surface area contributed by atoms with Crippen LogP contribution < -0.4 is 10.6 Å². The smallest absolute Gasteiger partial charge is 0.311 e. The van der Waals surface area contributed by atoms with Crippen LogP contribution in [0.15, 0.2) is 36.4 Å². The number of nitrogens with one attached hydrogen (secondary N) is 2. The molecule has 1 heterocycles. The van der Waals surface area contributed by atoms with E-state index < -0.39 is 4.92 Å². The van der Waals surface area contributed by atoms with E-state index in [-0.39, 0.29) is 16.9 Å². The molecule has 6 nitrogen and oxygen atoms in total. The highest BCUT2D eigenvalue weighted by Gasteiger charge is 2.17. The maximum atomic E-state index is 11.3. The summed E-state index contributed by atoms with van der Waals surface area (Å²) in [7, 11) is 0. The minimum atomic E-state index is -0.426. The van der Waals surface area contributed by atoms with Crippen LogP contribution in [0.1, 0.15) is 40.2 Å². The van der Waals surface area contributed by atoms with Gasteiger partial charge in [0.2, 0.25) is 5.82 Å². The summed E-state index contributed by atoms with van der Waals surface area (Å²) in [6, 6.07) is 11.0. The predicted molar refractivity (Wildman–Crippen MR) is 103 cm³/mol. The van der Waals surface area contributed by atoms with E-state index in [4.69, 9.17) is 0 Å². The fraction of sp³-hybridized carbons (Fsp3) is 0.421. The number of hydrogen-bond acceptors (Lipinski definition) is 5. The third-order valence-corrected chi connectivity index (χ3v) is 3.78. The number of pyridine rings is 1. The van der Waals surface area contributed by atoms with Gasteiger partial charge in [-0.25, -0.2) is 4.98 Å². The predicted octanol–water partition coefficient (Wildman–Crippen LogP) is 5.10. The lowest BCUT2D eigenvalue weighted by molar-refractivity contribution is -0.384. The van der Waals surface area contributed by atoms with E-state index in [1.807, 2.05) is 24.3 Å². The molecule has 0 amide bonds. The Morgan fingerprint density at radius 2 is 1.76 bits per heavy atom. The van der Waals surface area contributed by atoms with Crippen LogP contribution in [0.4, 0.5) is 23.0 Å². The van der Waals surface area contributed by atoms with E-state index in [0.717, 1.165) is 12.2 Å². The van der Waals surface area contributed by atoms with E-state index in [1.165, 1.54) is 11.6 Å². The van der Waals surface area contributed by atoms with Gasteiger partial charge in [-0.3, -0.25) is 10.1 Å². The van der Waals surface area contributed by atoms with Crippen molar-refractivity contribution in [3.8, 4) is 0 Å². The Balaban J connectivity index is 2.26. The molecule has 0 fully saturated rings. The Labute approximate surface area is 148 Å². The van der Waals surface area contributed by atoms with Gasteiger partial charge in [0.1, 0.15) is 5.82 Å². The van der Waals surface area contributed by atoms with Crippen molar-refractivity contribution in [3.05, 3.63) is 52.1 Å². The zero-order valence-corrected chi connectivity index (χ0v) is 15.5. The van der Waals surface area contributed by atoms with Gasteiger partial charge < -0.3 is 10.6 Å². The van der Waals surface area contributed by atoms with Crippen LogP contribution in [-0.4, -0.2) is 16.5 Å². The summed E-state index contributed by atoms with van der Waals surface area (Å²) in [5.41, 5.74) is 1.98. The lowest BCUT2D eigenvalue weighted by Gasteiger charge is -2.19. The molecule has 0 saturated heterocycles. The number of rotatable bonds is 6. The van der Waals surface area contributed by atoms with Crippen molar-refractivity contribution < 1.29 is 4.92 Å². The number of nitrogens with zero attached hydrogens (tertiary/aromatic N) is 2. The van der Waals surface area contributed by atoms with E-state index in [0.29, 0.717) is 11.7 Å². The van der Waals surface area contributed by atoms with Gasteiger partial charge in [0.25, 0.3) is 0 Å². The van der Waals surface area contributed by atoms with Crippen molar-refractivity contribution in [2.75, 3.05) is 17.2 Å². The van der Waals surface area contributed by atoms with Crippen molar-refractivity contribution in [2.24, 2.45) is 5.92 Å². The van der Waals surface area contributed by atoms with Crippen molar-refractivity contribution >= 4 is 23.0 Å². The highest BCUT2D eigenvalue weighted by molar-refractivity contribution is 5.67. The Morgan fingerprint density at radius 3 is 2.28 bits per heavy atom.